The SMILES string of the molecule is CN=C(NC)SC(C)C(C)C. The number of amidine groups is 1. The van der Waals surface area contributed by atoms with Crippen LogP contribution in [0.25, 0.3) is 0 Å². The Kier molecular flexibility index (Phi) is 5.38. The average Bonchev–Trinajstić information content (AvgIpc) is 1.99. The van der Waals surface area contributed by atoms with Gasteiger partial charge in [-0.2, -0.15) is 0 Å². The van der Waals surface area contributed by atoms with Gasteiger partial charge in [0.25, 0.3) is 0 Å². The molecule has 1 unspecified atom stereocenters. The van der Waals surface area contributed by atoms with Crippen LogP contribution in [0.5, 0.6) is 0 Å². The topological polar surface area (TPSA) is 24.4 Å². The van der Waals surface area contributed by atoms with Crippen LogP contribution >= 0.6 is 11.8 Å². The van der Waals surface area contributed by atoms with Gasteiger partial charge in [-0.05, 0) is 5.92 Å². The molecule has 0 saturated carbocycles. The van der Waals surface area contributed by atoms with Crippen LogP contribution in [-0.4, -0.2) is 24.5 Å². The smallest absolute Gasteiger partial charge is 0.156 e. The van der Waals surface area contributed by atoms with E-state index in [9.17, 15) is 0 Å². The number of thioether (sulfide) groups is 1. The van der Waals surface area contributed by atoms with Crippen LogP contribution in [0.3, 0.4) is 0 Å². The highest BCUT2D eigenvalue weighted by Gasteiger charge is 2.09. The molecule has 2 nitrogen and oxygen atoms in total. The van der Waals surface area contributed by atoms with E-state index in [-0.39, 0.29) is 0 Å². The number of hydrogen-bond acceptors (Lipinski definition) is 2. The van der Waals surface area contributed by atoms with Crippen LogP contribution in [0.1, 0.15) is 20.8 Å². The van der Waals surface area contributed by atoms with Gasteiger partial charge in [-0.3, -0.25) is 4.99 Å². The summed E-state index contributed by atoms with van der Waals surface area (Å²) in [5.74, 6) is 0.699. The standard InChI is InChI=1S/C8H18N2S/c1-6(2)7(3)11-8(9-4)10-5/h6-7H,1-5H3,(H,9,10). The summed E-state index contributed by atoms with van der Waals surface area (Å²) in [4.78, 5) is 4.10. The van der Waals surface area contributed by atoms with Gasteiger partial charge in [-0.15, -0.1) is 0 Å². The molecule has 0 aliphatic heterocycles. The molecule has 0 aromatic carbocycles. The molecule has 0 rings (SSSR count). The maximum absolute atomic E-state index is 4.10. The van der Waals surface area contributed by atoms with E-state index < -0.39 is 0 Å². The Morgan fingerprint density at radius 3 is 2.18 bits per heavy atom. The summed E-state index contributed by atoms with van der Waals surface area (Å²) in [6.45, 7) is 6.67. The molecule has 0 spiro atoms. The van der Waals surface area contributed by atoms with Gasteiger partial charge in [0.1, 0.15) is 0 Å². The normalized spacial score (nSPS) is 15.3. The maximum Gasteiger partial charge on any atom is 0.156 e. The highest BCUT2D eigenvalue weighted by atomic mass is 32.2. The van der Waals surface area contributed by atoms with Crippen molar-refractivity contribution in [1.82, 2.24) is 5.32 Å². The van der Waals surface area contributed by atoms with Crippen LogP contribution < -0.4 is 5.32 Å². The number of rotatable bonds is 2. The van der Waals surface area contributed by atoms with Crippen LogP contribution in [-0.2, 0) is 0 Å². The zero-order valence-corrected chi connectivity index (χ0v) is 8.83. The Labute approximate surface area is 73.9 Å². The molecule has 0 bridgehead atoms. The van der Waals surface area contributed by atoms with Gasteiger partial charge in [0.05, 0.1) is 0 Å². The van der Waals surface area contributed by atoms with Crippen molar-refractivity contribution in [2.45, 2.75) is 26.0 Å². The van der Waals surface area contributed by atoms with E-state index in [4.69, 9.17) is 0 Å². The first-order chi connectivity index (χ1) is 5.11. The first-order valence-corrected chi connectivity index (χ1v) is 4.81. The molecular weight excluding hydrogens is 156 g/mol. The lowest BCUT2D eigenvalue weighted by molar-refractivity contribution is 0.644. The van der Waals surface area contributed by atoms with Crippen molar-refractivity contribution in [2.24, 2.45) is 10.9 Å². The highest BCUT2D eigenvalue weighted by molar-refractivity contribution is 8.14. The predicted molar refractivity (Wildman–Crippen MR) is 54.3 cm³/mol. The van der Waals surface area contributed by atoms with Crippen molar-refractivity contribution in [3.63, 3.8) is 0 Å². The number of nitrogens with one attached hydrogen (secondary N) is 1. The molecular formula is C8H18N2S. The van der Waals surface area contributed by atoms with E-state index in [2.05, 4.69) is 31.1 Å². The lowest BCUT2D eigenvalue weighted by Gasteiger charge is -2.15. The average molecular weight is 174 g/mol. The molecule has 0 aliphatic carbocycles. The molecule has 66 valence electrons. The van der Waals surface area contributed by atoms with Gasteiger partial charge < -0.3 is 5.32 Å². The van der Waals surface area contributed by atoms with Crippen molar-refractivity contribution in [3.8, 4) is 0 Å². The Morgan fingerprint density at radius 1 is 1.36 bits per heavy atom. The van der Waals surface area contributed by atoms with E-state index in [0.717, 1.165) is 5.17 Å². The minimum absolute atomic E-state index is 0.626. The summed E-state index contributed by atoms with van der Waals surface area (Å²) < 4.78 is 0. The fraction of sp³-hybridized carbons (Fsp3) is 0.875. The summed E-state index contributed by atoms with van der Waals surface area (Å²) in [6, 6.07) is 0. The summed E-state index contributed by atoms with van der Waals surface area (Å²) >= 11 is 1.79. The summed E-state index contributed by atoms with van der Waals surface area (Å²) in [6.07, 6.45) is 0. The van der Waals surface area contributed by atoms with E-state index in [0.29, 0.717) is 11.2 Å². The van der Waals surface area contributed by atoms with Crippen LogP contribution in [0.15, 0.2) is 4.99 Å². The maximum atomic E-state index is 4.10. The molecule has 0 radical (unpaired) electrons. The third kappa shape index (κ3) is 4.30. The van der Waals surface area contributed by atoms with Crippen molar-refractivity contribution in [2.75, 3.05) is 14.1 Å². The van der Waals surface area contributed by atoms with Gasteiger partial charge in [0.15, 0.2) is 5.17 Å². The van der Waals surface area contributed by atoms with E-state index in [1.807, 2.05) is 14.1 Å². The molecule has 11 heavy (non-hydrogen) atoms. The van der Waals surface area contributed by atoms with Crippen molar-refractivity contribution >= 4 is 16.9 Å². The van der Waals surface area contributed by atoms with Crippen molar-refractivity contribution in [3.05, 3.63) is 0 Å². The fourth-order valence-corrected chi connectivity index (χ4v) is 1.38. The minimum Gasteiger partial charge on any atom is -0.368 e. The first kappa shape index (κ1) is 10.8. The van der Waals surface area contributed by atoms with E-state index in [1.54, 1.807) is 11.8 Å². The summed E-state index contributed by atoms with van der Waals surface area (Å²) in [5.41, 5.74) is 0. The molecule has 0 fully saturated rings. The largest absolute Gasteiger partial charge is 0.368 e. The third-order valence-corrected chi connectivity index (χ3v) is 3.18. The van der Waals surface area contributed by atoms with Gasteiger partial charge >= 0.3 is 0 Å². The molecule has 0 aromatic heterocycles. The zero-order chi connectivity index (χ0) is 8.85. The number of hydrogen-bond donors (Lipinski definition) is 1. The molecule has 0 aliphatic rings. The predicted octanol–water partition coefficient (Wildman–Crippen LogP) is 1.97. The minimum atomic E-state index is 0.626. The van der Waals surface area contributed by atoms with Crippen molar-refractivity contribution < 1.29 is 0 Å². The Balaban J connectivity index is 3.82. The quantitative estimate of drug-likeness (QED) is 0.511. The number of aliphatic imine (C=N–C) groups is 1. The van der Waals surface area contributed by atoms with Crippen molar-refractivity contribution in [1.29, 1.82) is 0 Å². The second kappa shape index (κ2) is 5.47. The Hall–Kier alpha value is -0.180. The summed E-state index contributed by atoms with van der Waals surface area (Å²) in [5, 5.41) is 4.70. The Bertz CT molecular complexity index is 132. The molecule has 1 N–H and O–H groups in total. The lowest BCUT2D eigenvalue weighted by atomic mass is 10.2. The first-order valence-electron chi connectivity index (χ1n) is 3.93. The second-order valence-electron chi connectivity index (χ2n) is 2.85. The molecule has 0 heterocycles. The summed E-state index contributed by atoms with van der Waals surface area (Å²) in [7, 11) is 3.72. The Morgan fingerprint density at radius 2 is 1.91 bits per heavy atom. The molecule has 0 amide bonds. The lowest BCUT2D eigenvalue weighted by Crippen LogP contribution is -2.19. The van der Waals surface area contributed by atoms with Gasteiger partial charge in [-0.25, -0.2) is 0 Å². The van der Waals surface area contributed by atoms with Gasteiger partial charge in [-0.1, -0.05) is 32.5 Å². The zero-order valence-electron chi connectivity index (χ0n) is 8.01. The van der Waals surface area contributed by atoms with Gasteiger partial charge in [0, 0.05) is 19.3 Å². The van der Waals surface area contributed by atoms with Crippen LogP contribution in [0.4, 0.5) is 0 Å². The molecule has 1 atom stereocenters. The number of nitrogens with zero attached hydrogens (tertiary/aromatic N) is 1. The van der Waals surface area contributed by atoms with E-state index in [1.165, 1.54) is 0 Å². The second-order valence-corrected chi connectivity index (χ2v) is 4.21. The van der Waals surface area contributed by atoms with Crippen LogP contribution in [0.2, 0.25) is 0 Å². The monoisotopic (exact) mass is 174 g/mol. The van der Waals surface area contributed by atoms with Gasteiger partial charge in [0.2, 0.25) is 0 Å². The molecule has 0 aromatic rings. The fourth-order valence-electron chi connectivity index (χ4n) is 0.536. The highest BCUT2D eigenvalue weighted by Crippen LogP contribution is 2.18. The van der Waals surface area contributed by atoms with Crippen LogP contribution in [0, 0.1) is 5.92 Å². The molecule has 3 heteroatoms. The van der Waals surface area contributed by atoms with E-state index >= 15 is 0 Å². The third-order valence-electron chi connectivity index (χ3n) is 1.65. The molecule has 0 saturated heterocycles.